The van der Waals surface area contributed by atoms with Crippen molar-refractivity contribution in [2.45, 2.75) is 52.4 Å². The van der Waals surface area contributed by atoms with E-state index < -0.39 is 0 Å². The molecule has 4 heterocycles. The first-order valence-corrected chi connectivity index (χ1v) is 14.5. The van der Waals surface area contributed by atoms with Crippen LogP contribution >= 0.6 is 0 Å². The summed E-state index contributed by atoms with van der Waals surface area (Å²) in [5.41, 5.74) is 9.80. The number of para-hydroxylation sites is 3. The smallest absolute Gasteiger partial charge is 0.148 e. The molecule has 6 nitrogen and oxygen atoms in total. The van der Waals surface area contributed by atoms with Crippen molar-refractivity contribution in [2.75, 3.05) is 0 Å². The topological polar surface area (TPSA) is 60.4 Å². The Hall–Kier alpha value is -4.84. The van der Waals surface area contributed by atoms with Gasteiger partial charge in [-0.3, -0.25) is 8.80 Å². The van der Waals surface area contributed by atoms with Crippen molar-refractivity contribution in [3.8, 4) is 11.1 Å². The summed E-state index contributed by atoms with van der Waals surface area (Å²) in [4.78, 5) is 20.5. The van der Waals surface area contributed by atoms with Crippen molar-refractivity contribution < 1.29 is 0 Å². The van der Waals surface area contributed by atoms with Crippen LogP contribution in [-0.4, -0.2) is 28.7 Å². The van der Waals surface area contributed by atoms with E-state index in [9.17, 15) is 0 Å². The van der Waals surface area contributed by atoms with E-state index in [1.54, 1.807) is 0 Å². The minimum absolute atomic E-state index is 0.146. The maximum atomic E-state index is 5.25. The molecule has 0 saturated heterocycles. The van der Waals surface area contributed by atoms with Gasteiger partial charge in [0, 0.05) is 21.6 Å². The first kappa shape index (κ1) is 24.9. The molecule has 0 spiro atoms. The lowest BCUT2D eigenvalue weighted by atomic mass is 9.94. The fourth-order valence-electron chi connectivity index (χ4n) is 6.16. The van der Waals surface area contributed by atoms with E-state index in [0.29, 0.717) is 0 Å². The lowest BCUT2D eigenvalue weighted by molar-refractivity contribution is 0.542. The van der Waals surface area contributed by atoms with Gasteiger partial charge in [0.1, 0.15) is 22.9 Å². The summed E-state index contributed by atoms with van der Waals surface area (Å²) in [6.07, 6.45) is 0. The van der Waals surface area contributed by atoms with Crippen LogP contribution in [0.15, 0.2) is 84.9 Å². The van der Waals surface area contributed by atoms with Crippen LogP contribution in [-0.2, 0) is 10.8 Å². The van der Waals surface area contributed by atoms with E-state index >= 15 is 0 Å². The molecule has 6 heteroatoms. The third-order valence-corrected chi connectivity index (χ3v) is 8.15. The molecule has 4 aromatic heterocycles. The molecule has 0 amide bonds. The molecule has 206 valence electrons. The third-order valence-electron chi connectivity index (χ3n) is 8.15. The van der Waals surface area contributed by atoms with Gasteiger partial charge in [0.05, 0.1) is 33.1 Å². The van der Waals surface area contributed by atoms with Gasteiger partial charge in [-0.1, -0.05) is 77.9 Å². The van der Waals surface area contributed by atoms with Crippen molar-refractivity contribution in [1.29, 1.82) is 0 Å². The summed E-state index contributed by atoms with van der Waals surface area (Å²) in [7, 11) is 0. The van der Waals surface area contributed by atoms with Crippen molar-refractivity contribution in [3.63, 3.8) is 0 Å². The van der Waals surface area contributed by atoms with E-state index in [1.165, 1.54) is 0 Å². The van der Waals surface area contributed by atoms with E-state index in [0.717, 1.165) is 77.9 Å². The van der Waals surface area contributed by atoms with Crippen LogP contribution in [0.4, 0.5) is 0 Å². The fraction of sp³-hybridized carbons (Fsp3) is 0.222. The molecule has 4 aromatic carbocycles. The number of rotatable bonds is 1. The Morgan fingerprint density at radius 3 is 1.64 bits per heavy atom. The van der Waals surface area contributed by atoms with Crippen LogP contribution in [0.1, 0.15) is 53.2 Å². The first-order valence-electron chi connectivity index (χ1n) is 14.5. The van der Waals surface area contributed by atoms with Crippen molar-refractivity contribution in [3.05, 3.63) is 96.6 Å². The van der Waals surface area contributed by atoms with Gasteiger partial charge in [0.15, 0.2) is 0 Å². The molecule has 0 radical (unpaired) electrons. The Morgan fingerprint density at radius 2 is 0.952 bits per heavy atom. The average molecular weight is 549 g/mol. The van der Waals surface area contributed by atoms with Gasteiger partial charge in [-0.15, -0.1) is 0 Å². The summed E-state index contributed by atoms with van der Waals surface area (Å²) >= 11 is 0. The summed E-state index contributed by atoms with van der Waals surface area (Å²) in [5.74, 6) is 2.01. The summed E-state index contributed by atoms with van der Waals surface area (Å²) in [6.45, 7) is 13.2. The highest BCUT2D eigenvalue weighted by Crippen LogP contribution is 2.35. The Balaban J connectivity index is 1.37. The number of aromatic nitrogens is 6. The molecule has 0 aliphatic rings. The van der Waals surface area contributed by atoms with E-state index in [-0.39, 0.29) is 10.8 Å². The lowest BCUT2D eigenvalue weighted by Gasteiger charge is -2.21. The zero-order chi connectivity index (χ0) is 29.0. The molecular weight excluding hydrogens is 516 g/mol. The summed E-state index contributed by atoms with van der Waals surface area (Å²) < 4.78 is 4.46. The maximum Gasteiger partial charge on any atom is 0.148 e. The first-order chi connectivity index (χ1) is 20.1. The predicted octanol–water partition coefficient (Wildman–Crippen LogP) is 8.65. The molecule has 0 N–H and O–H groups in total. The van der Waals surface area contributed by atoms with Gasteiger partial charge in [0.2, 0.25) is 0 Å². The number of nitrogens with zero attached hydrogens (tertiary/aromatic N) is 6. The van der Waals surface area contributed by atoms with Crippen LogP contribution in [0.3, 0.4) is 0 Å². The van der Waals surface area contributed by atoms with Crippen LogP contribution < -0.4 is 0 Å². The minimum Gasteiger partial charge on any atom is -0.279 e. The molecule has 0 unspecified atom stereocenters. The Kier molecular flexibility index (Phi) is 4.95. The summed E-state index contributed by atoms with van der Waals surface area (Å²) in [5, 5.41) is 2.10. The molecule has 0 atom stereocenters. The van der Waals surface area contributed by atoms with E-state index in [1.807, 2.05) is 12.1 Å². The minimum atomic E-state index is -0.164. The second kappa shape index (κ2) is 8.35. The van der Waals surface area contributed by atoms with Gasteiger partial charge < -0.3 is 0 Å². The number of imidazole rings is 2. The molecule has 8 aromatic rings. The van der Waals surface area contributed by atoms with E-state index in [4.69, 9.17) is 19.9 Å². The SMILES string of the molecule is CC(C)(C)c1nc2cc(-c3ccc4c(c3)nc3c5ccccc5nc(C(C)(C)C)n43)ccc2c2nc3ccccc3n12. The van der Waals surface area contributed by atoms with Crippen molar-refractivity contribution in [1.82, 2.24) is 28.7 Å². The maximum absolute atomic E-state index is 5.25. The zero-order valence-corrected chi connectivity index (χ0v) is 24.8. The number of hydrogen-bond donors (Lipinski definition) is 0. The molecule has 0 aliphatic heterocycles. The van der Waals surface area contributed by atoms with Crippen molar-refractivity contribution in [2.24, 2.45) is 0 Å². The normalized spacial score (nSPS) is 13.0. The Bertz CT molecular complexity index is 2380. The average Bonchev–Trinajstić information content (AvgIpc) is 3.54. The second-order valence-electron chi connectivity index (χ2n) is 13.4. The third kappa shape index (κ3) is 3.57. The number of hydrogen-bond acceptors (Lipinski definition) is 4. The monoisotopic (exact) mass is 548 g/mol. The largest absolute Gasteiger partial charge is 0.279 e. The molecule has 8 rings (SSSR count). The fourth-order valence-corrected chi connectivity index (χ4v) is 6.16. The van der Waals surface area contributed by atoms with Gasteiger partial charge in [-0.2, -0.15) is 0 Å². The highest BCUT2D eigenvalue weighted by atomic mass is 15.1. The quantitative estimate of drug-likeness (QED) is 0.206. The molecule has 42 heavy (non-hydrogen) atoms. The van der Waals surface area contributed by atoms with Crippen LogP contribution in [0.25, 0.3) is 66.3 Å². The van der Waals surface area contributed by atoms with Gasteiger partial charge in [-0.05, 0) is 59.7 Å². The molecular formula is C36H32N6. The zero-order valence-electron chi connectivity index (χ0n) is 24.8. The number of fused-ring (bicyclic) bond motifs is 10. The highest BCUT2D eigenvalue weighted by Gasteiger charge is 2.25. The van der Waals surface area contributed by atoms with Crippen LogP contribution in [0.2, 0.25) is 0 Å². The van der Waals surface area contributed by atoms with Crippen LogP contribution in [0, 0.1) is 0 Å². The van der Waals surface area contributed by atoms with E-state index in [2.05, 4.69) is 123 Å². The molecule has 0 fully saturated rings. The number of benzene rings is 4. The van der Waals surface area contributed by atoms with Crippen LogP contribution in [0.5, 0.6) is 0 Å². The Labute approximate surface area is 243 Å². The second-order valence-corrected chi connectivity index (χ2v) is 13.4. The van der Waals surface area contributed by atoms with Gasteiger partial charge in [0.25, 0.3) is 0 Å². The lowest BCUT2D eigenvalue weighted by Crippen LogP contribution is -2.19. The van der Waals surface area contributed by atoms with Gasteiger partial charge in [-0.25, -0.2) is 19.9 Å². The van der Waals surface area contributed by atoms with Gasteiger partial charge >= 0.3 is 0 Å². The molecule has 0 aliphatic carbocycles. The standard InChI is InChI=1S/C36H32N6/c1-35(2,3)33-39-25-12-8-7-11-23(25)31-38-28-20-22(16-18-30(28)42(31)33)21-15-17-24-27(19-21)40-34(36(4,5)6)41-29-14-10-9-13-26(29)37-32(24)41/h7-20H,1-6H3. The molecule has 0 bridgehead atoms. The highest BCUT2D eigenvalue weighted by molar-refractivity contribution is 6.00. The Morgan fingerprint density at radius 1 is 0.452 bits per heavy atom. The predicted molar refractivity (Wildman–Crippen MR) is 172 cm³/mol. The van der Waals surface area contributed by atoms with Crippen molar-refractivity contribution >= 4 is 55.2 Å². The summed E-state index contributed by atoms with van der Waals surface area (Å²) in [6, 6.07) is 29.7. The molecule has 0 saturated carbocycles.